The molecule has 4 heteroatoms. The molecule has 0 bridgehead atoms. The van der Waals surface area contributed by atoms with Crippen LogP contribution in [-0.2, 0) is 10.2 Å². The molecule has 3 rings (SSSR count). The van der Waals surface area contributed by atoms with Crippen LogP contribution in [0.2, 0.25) is 5.02 Å². The lowest BCUT2D eigenvalue weighted by Crippen LogP contribution is -2.44. The predicted molar refractivity (Wildman–Crippen MR) is 108 cm³/mol. The third-order valence-corrected chi connectivity index (χ3v) is 6.38. The number of allylic oxidation sites excluding steroid dienone is 1. The number of piperidine rings is 1. The molecule has 1 aromatic carbocycles. The van der Waals surface area contributed by atoms with Crippen LogP contribution < -0.4 is 5.32 Å². The first-order valence-electron chi connectivity index (χ1n) is 9.59. The molecule has 1 N–H and O–H groups in total. The summed E-state index contributed by atoms with van der Waals surface area (Å²) in [7, 11) is 0. The second-order valence-corrected chi connectivity index (χ2v) is 8.30. The van der Waals surface area contributed by atoms with Gasteiger partial charge >= 0.3 is 0 Å². The van der Waals surface area contributed by atoms with Gasteiger partial charge in [0.05, 0.1) is 0 Å². The number of nitrogens with one attached hydrogen (secondary N) is 1. The monoisotopic (exact) mass is 372 g/mol. The lowest BCUT2D eigenvalue weighted by atomic mass is 9.74. The summed E-state index contributed by atoms with van der Waals surface area (Å²) in [5.74, 6) is 0.758. The van der Waals surface area contributed by atoms with E-state index in [0.29, 0.717) is 0 Å². The van der Waals surface area contributed by atoms with Gasteiger partial charge in [0.25, 0.3) is 5.91 Å². The first-order chi connectivity index (χ1) is 12.4. The number of carbonyl (C=O) groups excluding carboxylic acids is 1. The maximum atomic E-state index is 12.6. The smallest absolute Gasteiger partial charge is 0.252 e. The molecule has 140 valence electrons. The van der Waals surface area contributed by atoms with Crippen LogP contribution in [0.5, 0.6) is 0 Å². The zero-order valence-electron chi connectivity index (χ0n) is 15.9. The van der Waals surface area contributed by atoms with Crippen molar-refractivity contribution in [3.8, 4) is 0 Å². The molecule has 1 aliphatic carbocycles. The maximum absolute atomic E-state index is 12.6. The quantitative estimate of drug-likeness (QED) is 0.790. The SMILES string of the molecule is C=C(NC(=O)C1=C(C)CCCC1)N1CCC(C)(c2ccccc2Cl)CC1. The summed E-state index contributed by atoms with van der Waals surface area (Å²) in [6.07, 6.45) is 6.20. The van der Waals surface area contributed by atoms with E-state index in [2.05, 4.69) is 42.8 Å². The van der Waals surface area contributed by atoms with E-state index in [1.54, 1.807) is 0 Å². The Morgan fingerprint density at radius 3 is 2.50 bits per heavy atom. The van der Waals surface area contributed by atoms with Gasteiger partial charge in [0.15, 0.2) is 0 Å². The Bertz CT molecular complexity index is 729. The molecule has 0 radical (unpaired) electrons. The summed E-state index contributed by atoms with van der Waals surface area (Å²) in [4.78, 5) is 14.8. The largest absolute Gasteiger partial charge is 0.359 e. The van der Waals surface area contributed by atoms with E-state index in [4.69, 9.17) is 11.6 Å². The fourth-order valence-corrected chi connectivity index (χ4v) is 4.50. The number of likely N-dealkylation sites (tertiary alicyclic amines) is 1. The number of amides is 1. The molecule has 1 aromatic rings. The van der Waals surface area contributed by atoms with E-state index in [0.717, 1.165) is 61.6 Å². The molecule has 1 saturated heterocycles. The Labute approximate surface area is 162 Å². The zero-order valence-corrected chi connectivity index (χ0v) is 16.7. The topological polar surface area (TPSA) is 32.3 Å². The van der Waals surface area contributed by atoms with E-state index >= 15 is 0 Å². The normalized spacial score (nSPS) is 20.0. The Balaban J connectivity index is 1.60. The van der Waals surface area contributed by atoms with Gasteiger partial charge in [-0.3, -0.25) is 4.79 Å². The van der Waals surface area contributed by atoms with Crippen molar-refractivity contribution in [2.24, 2.45) is 0 Å². The van der Waals surface area contributed by atoms with Crippen molar-refractivity contribution in [1.82, 2.24) is 10.2 Å². The summed E-state index contributed by atoms with van der Waals surface area (Å²) in [5, 5.41) is 3.88. The van der Waals surface area contributed by atoms with Gasteiger partial charge in [0.2, 0.25) is 0 Å². The molecular formula is C22H29ClN2O. The predicted octanol–water partition coefficient (Wildman–Crippen LogP) is 5.17. The van der Waals surface area contributed by atoms with Crippen LogP contribution in [0.3, 0.4) is 0 Å². The van der Waals surface area contributed by atoms with Crippen molar-refractivity contribution < 1.29 is 4.79 Å². The molecule has 0 saturated carbocycles. The summed E-state index contributed by atoms with van der Waals surface area (Å²) >= 11 is 6.42. The molecular weight excluding hydrogens is 344 g/mol. The van der Waals surface area contributed by atoms with E-state index in [9.17, 15) is 4.79 Å². The van der Waals surface area contributed by atoms with Crippen molar-refractivity contribution >= 4 is 17.5 Å². The van der Waals surface area contributed by atoms with Crippen LogP contribution in [0, 0.1) is 0 Å². The second kappa shape index (κ2) is 7.87. The number of hydrogen-bond donors (Lipinski definition) is 1. The van der Waals surface area contributed by atoms with Crippen molar-refractivity contribution in [1.29, 1.82) is 0 Å². The second-order valence-electron chi connectivity index (χ2n) is 7.89. The van der Waals surface area contributed by atoms with Crippen molar-refractivity contribution in [2.75, 3.05) is 13.1 Å². The minimum atomic E-state index is 0.0339. The summed E-state index contributed by atoms with van der Waals surface area (Å²) in [6, 6.07) is 8.13. The molecule has 26 heavy (non-hydrogen) atoms. The summed E-state index contributed by atoms with van der Waals surface area (Å²) < 4.78 is 0. The lowest BCUT2D eigenvalue weighted by molar-refractivity contribution is -0.117. The summed E-state index contributed by atoms with van der Waals surface area (Å²) in [5.41, 5.74) is 3.47. The maximum Gasteiger partial charge on any atom is 0.252 e. The molecule has 1 aliphatic heterocycles. The Kier molecular flexibility index (Phi) is 5.76. The first kappa shape index (κ1) is 19.0. The number of hydrogen-bond acceptors (Lipinski definition) is 2. The van der Waals surface area contributed by atoms with Crippen molar-refractivity contribution in [2.45, 2.75) is 57.8 Å². The number of halogens is 1. The minimum Gasteiger partial charge on any atom is -0.359 e. The van der Waals surface area contributed by atoms with Crippen LogP contribution in [0.1, 0.15) is 57.9 Å². The molecule has 1 fully saturated rings. The third-order valence-electron chi connectivity index (χ3n) is 6.05. The Morgan fingerprint density at radius 2 is 1.85 bits per heavy atom. The number of rotatable bonds is 4. The van der Waals surface area contributed by atoms with Crippen LogP contribution >= 0.6 is 11.6 Å². The number of benzene rings is 1. The fraction of sp³-hybridized carbons (Fsp3) is 0.500. The molecule has 0 unspecified atom stereocenters. The van der Waals surface area contributed by atoms with Crippen LogP contribution in [0.4, 0.5) is 0 Å². The van der Waals surface area contributed by atoms with Gasteiger partial charge in [-0.05, 0) is 62.5 Å². The van der Waals surface area contributed by atoms with E-state index < -0.39 is 0 Å². The van der Waals surface area contributed by atoms with E-state index in [-0.39, 0.29) is 11.3 Å². The molecule has 1 heterocycles. The standard InChI is InChI=1S/C22H29ClN2O/c1-16-8-4-5-9-18(16)21(26)24-17(2)25-14-12-22(3,13-15-25)19-10-6-7-11-20(19)23/h6-7,10-11H,2,4-5,8-9,12-15H2,1,3H3,(H,24,26). The first-order valence-corrected chi connectivity index (χ1v) is 9.97. The Hall–Kier alpha value is -1.74. The molecule has 0 atom stereocenters. The average molecular weight is 373 g/mol. The fourth-order valence-electron chi connectivity index (χ4n) is 4.14. The molecule has 2 aliphatic rings. The van der Waals surface area contributed by atoms with Crippen molar-refractivity contribution in [3.63, 3.8) is 0 Å². The molecule has 3 nitrogen and oxygen atoms in total. The van der Waals surface area contributed by atoms with Crippen LogP contribution in [-0.4, -0.2) is 23.9 Å². The minimum absolute atomic E-state index is 0.0339. The van der Waals surface area contributed by atoms with Gasteiger partial charge in [-0.2, -0.15) is 0 Å². The highest BCUT2D eigenvalue weighted by atomic mass is 35.5. The highest BCUT2D eigenvalue weighted by molar-refractivity contribution is 6.31. The molecule has 0 spiro atoms. The zero-order chi connectivity index (χ0) is 18.7. The Morgan fingerprint density at radius 1 is 1.19 bits per heavy atom. The van der Waals surface area contributed by atoms with Crippen LogP contribution in [0.25, 0.3) is 0 Å². The van der Waals surface area contributed by atoms with Gasteiger partial charge in [0, 0.05) is 23.7 Å². The van der Waals surface area contributed by atoms with Gasteiger partial charge in [0.1, 0.15) is 5.82 Å². The molecule has 1 amide bonds. The summed E-state index contributed by atoms with van der Waals surface area (Å²) in [6.45, 7) is 10.2. The van der Waals surface area contributed by atoms with Gasteiger partial charge < -0.3 is 10.2 Å². The molecule has 0 aromatic heterocycles. The number of nitrogens with zero attached hydrogens (tertiary/aromatic N) is 1. The van der Waals surface area contributed by atoms with E-state index in [1.807, 2.05) is 12.1 Å². The van der Waals surface area contributed by atoms with Gasteiger partial charge in [-0.15, -0.1) is 0 Å². The van der Waals surface area contributed by atoms with Gasteiger partial charge in [-0.25, -0.2) is 0 Å². The lowest BCUT2D eigenvalue weighted by Gasteiger charge is -2.41. The highest BCUT2D eigenvalue weighted by Gasteiger charge is 2.33. The van der Waals surface area contributed by atoms with Gasteiger partial charge in [-0.1, -0.05) is 48.9 Å². The average Bonchev–Trinajstić information content (AvgIpc) is 2.62. The van der Waals surface area contributed by atoms with Crippen molar-refractivity contribution in [3.05, 3.63) is 58.4 Å². The number of carbonyl (C=O) groups is 1. The highest BCUT2D eigenvalue weighted by Crippen LogP contribution is 2.39. The van der Waals surface area contributed by atoms with Crippen LogP contribution in [0.15, 0.2) is 47.8 Å². The third kappa shape index (κ3) is 3.98. The van der Waals surface area contributed by atoms with E-state index in [1.165, 1.54) is 17.6 Å².